The largest absolute Gasteiger partial charge is 0.0917 e. The molecule has 0 radical (unpaired) electrons. The maximum atomic E-state index is 2.47. The molecular formula is C43H90. The Morgan fingerprint density at radius 1 is 0.512 bits per heavy atom. The highest BCUT2D eigenvalue weighted by molar-refractivity contribution is 4.75. The first-order chi connectivity index (χ1) is 20.0. The molecule has 0 N–H and O–H groups in total. The molecule has 0 spiro atoms. The quantitative estimate of drug-likeness (QED) is 0.0900. The molecule has 0 heteroatoms. The Hall–Kier alpha value is -0.260. The monoisotopic (exact) mass is 607 g/mol. The minimum absolute atomic E-state index is 0.476. The van der Waals surface area contributed by atoms with Gasteiger partial charge in [0.25, 0.3) is 0 Å². The molecule has 0 rings (SSSR count). The second kappa shape index (κ2) is 29.2. The average molecular weight is 607 g/mol. The molecule has 0 aliphatic carbocycles. The molecule has 0 aromatic carbocycles. The van der Waals surface area contributed by atoms with Gasteiger partial charge in [0, 0.05) is 0 Å². The van der Waals surface area contributed by atoms with Gasteiger partial charge in [-0.1, -0.05) is 199 Å². The van der Waals surface area contributed by atoms with Gasteiger partial charge in [-0.3, -0.25) is 0 Å². The van der Waals surface area contributed by atoms with E-state index in [2.05, 4.69) is 116 Å². The van der Waals surface area contributed by atoms with E-state index in [1.165, 1.54) is 103 Å². The van der Waals surface area contributed by atoms with Crippen LogP contribution in [-0.2, 0) is 0 Å². The highest BCUT2D eigenvalue weighted by Gasteiger charge is 2.23. The second-order valence-corrected chi connectivity index (χ2v) is 17.3. The zero-order valence-electron chi connectivity index (χ0n) is 33.6. The SMILES string of the molecule is C/C=C/CC.CCC(CCC(C)CC(C)(C)C)C(C)CC(C)(C)C.CCCC(C)CCCCC(CC)CCC(C)CCC. The van der Waals surface area contributed by atoms with Crippen LogP contribution in [0.15, 0.2) is 12.2 Å². The van der Waals surface area contributed by atoms with E-state index in [9.17, 15) is 0 Å². The van der Waals surface area contributed by atoms with Crippen LogP contribution in [0.5, 0.6) is 0 Å². The highest BCUT2D eigenvalue weighted by atomic mass is 14.3. The molecule has 6 unspecified atom stereocenters. The van der Waals surface area contributed by atoms with E-state index in [4.69, 9.17) is 0 Å². The van der Waals surface area contributed by atoms with Gasteiger partial charge in [0.15, 0.2) is 0 Å². The minimum Gasteiger partial charge on any atom is -0.0917 e. The van der Waals surface area contributed by atoms with Crippen molar-refractivity contribution in [2.24, 2.45) is 46.3 Å². The van der Waals surface area contributed by atoms with Gasteiger partial charge in [-0.05, 0) is 78.9 Å². The smallest absolute Gasteiger partial charge is 0.0379 e. The summed E-state index contributed by atoms with van der Waals surface area (Å²) in [5.41, 5.74) is 0.960. The Balaban J connectivity index is -0.000000642. The third kappa shape index (κ3) is 36.1. The molecule has 0 fully saturated rings. The maximum Gasteiger partial charge on any atom is -0.0379 e. The van der Waals surface area contributed by atoms with Crippen molar-refractivity contribution in [1.82, 2.24) is 0 Å². The van der Waals surface area contributed by atoms with Crippen molar-refractivity contribution in [3.63, 3.8) is 0 Å². The van der Waals surface area contributed by atoms with Gasteiger partial charge in [0.05, 0.1) is 0 Å². The van der Waals surface area contributed by atoms with Crippen molar-refractivity contribution in [3.05, 3.63) is 12.2 Å². The van der Waals surface area contributed by atoms with E-state index in [1.54, 1.807) is 0 Å². The van der Waals surface area contributed by atoms with Crippen molar-refractivity contribution >= 4 is 0 Å². The lowest BCUT2D eigenvalue weighted by atomic mass is 9.75. The van der Waals surface area contributed by atoms with Crippen LogP contribution in [0, 0.1) is 46.3 Å². The first-order valence-corrected chi connectivity index (χ1v) is 19.6. The molecule has 6 atom stereocenters. The Kier molecular flexibility index (Phi) is 32.0. The van der Waals surface area contributed by atoms with Crippen molar-refractivity contribution in [2.75, 3.05) is 0 Å². The molecule has 0 aliphatic heterocycles. The predicted octanol–water partition coefficient (Wildman–Crippen LogP) is 16.1. The molecule has 0 saturated heterocycles. The third-order valence-corrected chi connectivity index (χ3v) is 9.49. The lowest BCUT2D eigenvalue weighted by Gasteiger charge is -2.30. The van der Waals surface area contributed by atoms with Gasteiger partial charge in [-0.15, -0.1) is 0 Å². The molecular weight excluding hydrogens is 516 g/mol. The summed E-state index contributed by atoms with van der Waals surface area (Å²) in [6.45, 7) is 37.5. The van der Waals surface area contributed by atoms with Gasteiger partial charge in [-0.25, -0.2) is 0 Å². The van der Waals surface area contributed by atoms with Gasteiger partial charge in [-0.2, -0.15) is 0 Å². The molecule has 0 heterocycles. The standard InChI is InChI=1S/2C19H40.C5H10/c1-10-17(16(3)14-19(7,8)9)12-11-15(2)13-18(4,5)6;1-6-11-17(4)13-9-10-14-19(8-3)16-15-18(5)12-7-2;1-3-5-4-2/h15-17H,10-14H2,1-9H3;17-19H,6-16H2,1-5H3;3,5H,4H2,1-2H3/b;;5-3+. The highest BCUT2D eigenvalue weighted by Crippen LogP contribution is 2.35. The Morgan fingerprint density at radius 2 is 1.00 bits per heavy atom. The van der Waals surface area contributed by atoms with Crippen LogP contribution in [0.25, 0.3) is 0 Å². The molecule has 0 bridgehead atoms. The summed E-state index contributed by atoms with van der Waals surface area (Å²) in [5, 5.41) is 0. The third-order valence-electron chi connectivity index (χ3n) is 9.49. The molecule has 0 aromatic heterocycles. The minimum atomic E-state index is 0.476. The number of hydrogen-bond acceptors (Lipinski definition) is 0. The molecule has 0 aromatic rings. The summed E-state index contributed by atoms with van der Waals surface area (Å²) >= 11 is 0. The lowest BCUT2D eigenvalue weighted by molar-refractivity contribution is 0.206. The Morgan fingerprint density at radius 3 is 1.40 bits per heavy atom. The van der Waals surface area contributed by atoms with Crippen LogP contribution in [0.2, 0.25) is 0 Å². The van der Waals surface area contributed by atoms with Crippen LogP contribution in [0.4, 0.5) is 0 Å². The zero-order chi connectivity index (χ0) is 33.9. The Bertz CT molecular complexity index is 570. The molecule has 0 aliphatic rings. The summed E-state index contributed by atoms with van der Waals surface area (Å²) in [6.07, 6.45) is 28.0. The van der Waals surface area contributed by atoms with E-state index in [0.29, 0.717) is 10.8 Å². The number of allylic oxidation sites excluding steroid dienone is 2. The number of rotatable bonds is 21. The number of unbranched alkanes of at least 4 members (excludes halogenated alkanes) is 1. The van der Waals surface area contributed by atoms with Gasteiger partial charge < -0.3 is 0 Å². The van der Waals surface area contributed by atoms with Crippen LogP contribution < -0.4 is 0 Å². The van der Waals surface area contributed by atoms with Gasteiger partial charge in [0.2, 0.25) is 0 Å². The summed E-state index contributed by atoms with van der Waals surface area (Å²) in [7, 11) is 0. The van der Waals surface area contributed by atoms with E-state index in [-0.39, 0.29) is 0 Å². The average Bonchev–Trinajstić information content (AvgIpc) is 2.88. The zero-order valence-corrected chi connectivity index (χ0v) is 33.6. The van der Waals surface area contributed by atoms with E-state index in [1.807, 2.05) is 6.92 Å². The maximum absolute atomic E-state index is 2.47. The summed E-state index contributed by atoms with van der Waals surface area (Å²) in [5.74, 6) is 5.56. The Labute approximate surface area is 277 Å². The fourth-order valence-corrected chi connectivity index (χ4v) is 7.18. The molecule has 0 nitrogen and oxygen atoms in total. The number of hydrogen-bond donors (Lipinski definition) is 0. The topological polar surface area (TPSA) is 0 Å². The molecule has 0 amide bonds. The summed E-state index contributed by atoms with van der Waals surface area (Å²) in [6, 6.07) is 0. The summed E-state index contributed by atoms with van der Waals surface area (Å²) < 4.78 is 0. The molecule has 262 valence electrons. The molecule has 0 saturated carbocycles. The van der Waals surface area contributed by atoms with Crippen molar-refractivity contribution in [1.29, 1.82) is 0 Å². The van der Waals surface area contributed by atoms with Crippen molar-refractivity contribution in [2.45, 2.75) is 220 Å². The lowest BCUT2D eigenvalue weighted by Crippen LogP contribution is -2.19. The van der Waals surface area contributed by atoms with E-state index in [0.717, 1.165) is 41.9 Å². The first-order valence-electron chi connectivity index (χ1n) is 19.6. The first kappa shape index (κ1) is 47.2. The van der Waals surface area contributed by atoms with Crippen molar-refractivity contribution < 1.29 is 0 Å². The van der Waals surface area contributed by atoms with Crippen LogP contribution in [0.1, 0.15) is 220 Å². The molecule has 43 heavy (non-hydrogen) atoms. The second-order valence-electron chi connectivity index (χ2n) is 17.3. The van der Waals surface area contributed by atoms with Crippen LogP contribution >= 0.6 is 0 Å². The van der Waals surface area contributed by atoms with Gasteiger partial charge in [0.1, 0.15) is 0 Å². The van der Waals surface area contributed by atoms with E-state index < -0.39 is 0 Å². The van der Waals surface area contributed by atoms with Crippen LogP contribution in [0.3, 0.4) is 0 Å². The van der Waals surface area contributed by atoms with Gasteiger partial charge >= 0.3 is 0 Å². The fourth-order valence-electron chi connectivity index (χ4n) is 7.18. The van der Waals surface area contributed by atoms with Crippen LogP contribution in [-0.4, -0.2) is 0 Å². The summed E-state index contributed by atoms with van der Waals surface area (Å²) in [4.78, 5) is 0. The van der Waals surface area contributed by atoms with E-state index >= 15 is 0 Å². The normalized spacial score (nSPS) is 16.4. The van der Waals surface area contributed by atoms with Crippen molar-refractivity contribution in [3.8, 4) is 0 Å². The predicted molar refractivity (Wildman–Crippen MR) is 204 cm³/mol. The fraction of sp³-hybridized carbons (Fsp3) is 0.953.